The lowest BCUT2D eigenvalue weighted by Crippen LogP contribution is -2.25. The molecule has 0 spiro atoms. The molecule has 0 bridgehead atoms. The summed E-state index contributed by atoms with van der Waals surface area (Å²) in [4.78, 5) is 31.9. The lowest BCUT2D eigenvalue weighted by Gasteiger charge is -2.08. The molecule has 2 aromatic carbocycles. The summed E-state index contributed by atoms with van der Waals surface area (Å²) in [7, 11) is 0. The summed E-state index contributed by atoms with van der Waals surface area (Å²) in [5.74, 6) is -0.0766. The Bertz CT molecular complexity index is 1280. The van der Waals surface area contributed by atoms with E-state index in [4.69, 9.17) is 11.6 Å². The highest BCUT2D eigenvalue weighted by molar-refractivity contribution is 7.99. The maximum Gasteiger partial charge on any atom is 0.262 e. The molecule has 152 valence electrons. The Hall–Kier alpha value is -3.10. The lowest BCUT2D eigenvalue weighted by atomic mass is 10.2. The van der Waals surface area contributed by atoms with Crippen molar-refractivity contribution in [3.8, 4) is 5.69 Å². The van der Waals surface area contributed by atoms with E-state index in [1.807, 2.05) is 49.4 Å². The summed E-state index contributed by atoms with van der Waals surface area (Å²) in [5, 5.41) is 8.50. The van der Waals surface area contributed by atoms with Crippen molar-refractivity contribution < 1.29 is 4.79 Å². The molecular weight excluding hydrogens is 422 g/mol. The fourth-order valence-electron chi connectivity index (χ4n) is 2.96. The average Bonchev–Trinajstić information content (AvgIpc) is 3.16. The molecule has 0 radical (unpaired) electrons. The quantitative estimate of drug-likeness (QED) is 0.354. The molecule has 0 aliphatic heterocycles. The number of halogens is 1. The number of fused-ring (bicyclic) bond motifs is 1. The molecule has 0 aliphatic rings. The van der Waals surface area contributed by atoms with Crippen molar-refractivity contribution in [1.29, 1.82) is 0 Å². The van der Waals surface area contributed by atoms with Crippen LogP contribution in [0.1, 0.15) is 11.1 Å². The second kappa shape index (κ2) is 8.73. The topological polar surface area (TPSA) is 92.7 Å². The van der Waals surface area contributed by atoms with E-state index in [0.717, 1.165) is 28.6 Å². The monoisotopic (exact) mass is 439 g/mol. The predicted molar refractivity (Wildman–Crippen MR) is 118 cm³/mol. The number of aryl methyl sites for hydroxylation is 1. The molecule has 0 aliphatic carbocycles. The van der Waals surface area contributed by atoms with Crippen LogP contribution in [0.5, 0.6) is 0 Å². The lowest BCUT2D eigenvalue weighted by molar-refractivity contribution is -0.118. The largest absolute Gasteiger partial charge is 0.351 e. The van der Waals surface area contributed by atoms with E-state index in [-0.39, 0.29) is 17.2 Å². The molecule has 2 N–H and O–H groups in total. The first kappa shape index (κ1) is 20.2. The Morgan fingerprint density at radius 3 is 2.77 bits per heavy atom. The predicted octanol–water partition coefficient (Wildman–Crippen LogP) is 3.48. The molecule has 0 saturated carbocycles. The van der Waals surface area contributed by atoms with E-state index in [1.54, 1.807) is 10.7 Å². The van der Waals surface area contributed by atoms with Crippen LogP contribution in [0, 0.1) is 6.92 Å². The first-order valence-corrected chi connectivity index (χ1v) is 10.6. The Morgan fingerprint density at radius 2 is 1.97 bits per heavy atom. The van der Waals surface area contributed by atoms with Crippen molar-refractivity contribution in [2.45, 2.75) is 18.6 Å². The van der Waals surface area contributed by atoms with Crippen LogP contribution in [-0.4, -0.2) is 31.4 Å². The van der Waals surface area contributed by atoms with Crippen LogP contribution in [-0.2, 0) is 11.3 Å². The number of aromatic nitrogens is 4. The number of aromatic amines is 1. The van der Waals surface area contributed by atoms with Crippen molar-refractivity contribution >= 4 is 40.3 Å². The third-order valence-corrected chi connectivity index (χ3v) is 5.78. The van der Waals surface area contributed by atoms with Crippen LogP contribution < -0.4 is 10.9 Å². The number of rotatable bonds is 6. The summed E-state index contributed by atoms with van der Waals surface area (Å²) in [6.07, 6.45) is 1.50. The van der Waals surface area contributed by atoms with Gasteiger partial charge in [-0.1, -0.05) is 59.8 Å². The van der Waals surface area contributed by atoms with Gasteiger partial charge < -0.3 is 10.3 Å². The number of thioether (sulfide) groups is 1. The summed E-state index contributed by atoms with van der Waals surface area (Å²) in [6, 6.07) is 15.1. The molecule has 2 aromatic heterocycles. The fourth-order valence-corrected chi connectivity index (χ4v) is 3.85. The van der Waals surface area contributed by atoms with E-state index in [9.17, 15) is 9.59 Å². The van der Waals surface area contributed by atoms with Crippen molar-refractivity contribution in [2.75, 3.05) is 5.75 Å². The number of carbonyl (C=O) groups is 1. The van der Waals surface area contributed by atoms with Gasteiger partial charge in [0.1, 0.15) is 5.39 Å². The summed E-state index contributed by atoms with van der Waals surface area (Å²) >= 11 is 7.26. The maximum absolute atomic E-state index is 12.4. The van der Waals surface area contributed by atoms with E-state index >= 15 is 0 Å². The number of carbonyl (C=O) groups excluding carboxylic acids is 1. The Morgan fingerprint density at radius 1 is 1.20 bits per heavy atom. The Balaban J connectivity index is 1.50. The van der Waals surface area contributed by atoms with Gasteiger partial charge in [-0.25, -0.2) is 9.67 Å². The Labute approximate surface area is 181 Å². The number of benzene rings is 2. The zero-order valence-corrected chi connectivity index (χ0v) is 17.6. The molecule has 0 atom stereocenters. The number of nitrogens with zero attached hydrogens (tertiary/aromatic N) is 3. The molecule has 30 heavy (non-hydrogen) atoms. The van der Waals surface area contributed by atoms with E-state index in [0.29, 0.717) is 27.8 Å². The molecule has 9 heteroatoms. The highest BCUT2D eigenvalue weighted by Crippen LogP contribution is 2.20. The van der Waals surface area contributed by atoms with Crippen molar-refractivity contribution in [1.82, 2.24) is 25.1 Å². The van der Waals surface area contributed by atoms with E-state index in [1.165, 1.54) is 6.20 Å². The normalized spacial score (nSPS) is 11.0. The van der Waals surface area contributed by atoms with Gasteiger partial charge in [0.2, 0.25) is 5.91 Å². The van der Waals surface area contributed by atoms with Crippen LogP contribution in [0.15, 0.2) is 64.7 Å². The maximum atomic E-state index is 12.4. The zero-order chi connectivity index (χ0) is 21.1. The number of nitrogens with one attached hydrogen (secondary N) is 2. The average molecular weight is 440 g/mol. The van der Waals surface area contributed by atoms with Gasteiger partial charge in [-0.3, -0.25) is 9.59 Å². The minimum absolute atomic E-state index is 0.109. The molecule has 7 nitrogen and oxygen atoms in total. The second-order valence-corrected chi connectivity index (χ2v) is 7.98. The standard InChI is InChI=1S/C21H18ClN5O2S/c1-13-6-2-5-9-17(13)27-19-15(11-24-27)20(29)26-21(25-19)30-12-18(28)23-10-14-7-3-4-8-16(14)22/h2-9,11H,10,12H2,1H3,(H,23,28)(H,25,26,29). The van der Waals surface area contributed by atoms with Crippen molar-refractivity contribution in [3.05, 3.63) is 81.2 Å². The van der Waals surface area contributed by atoms with Gasteiger partial charge >= 0.3 is 0 Å². The SMILES string of the molecule is Cc1ccccc1-n1ncc2c(=O)[nH]c(SCC(=O)NCc3ccccc3Cl)nc21. The minimum Gasteiger partial charge on any atom is -0.351 e. The van der Waals surface area contributed by atoms with Crippen LogP contribution in [0.3, 0.4) is 0 Å². The van der Waals surface area contributed by atoms with Gasteiger partial charge in [-0.2, -0.15) is 5.10 Å². The number of para-hydroxylation sites is 1. The number of hydrogen-bond acceptors (Lipinski definition) is 5. The van der Waals surface area contributed by atoms with Gasteiger partial charge in [0, 0.05) is 11.6 Å². The molecule has 0 saturated heterocycles. The minimum atomic E-state index is -0.293. The summed E-state index contributed by atoms with van der Waals surface area (Å²) in [6.45, 7) is 2.30. The molecule has 4 rings (SSSR count). The van der Waals surface area contributed by atoms with Crippen molar-refractivity contribution in [3.63, 3.8) is 0 Å². The van der Waals surface area contributed by atoms with Gasteiger partial charge in [-0.05, 0) is 30.2 Å². The van der Waals surface area contributed by atoms with E-state index < -0.39 is 0 Å². The fraction of sp³-hybridized carbons (Fsp3) is 0.143. The molecule has 1 amide bonds. The van der Waals surface area contributed by atoms with Gasteiger partial charge in [0.05, 0.1) is 17.6 Å². The first-order chi connectivity index (χ1) is 14.5. The first-order valence-electron chi connectivity index (χ1n) is 9.20. The number of H-pyrrole nitrogens is 1. The van der Waals surface area contributed by atoms with Crippen LogP contribution in [0.4, 0.5) is 0 Å². The summed E-state index contributed by atoms with van der Waals surface area (Å²) in [5.41, 5.74) is 2.86. The Kier molecular flexibility index (Phi) is 5.87. The highest BCUT2D eigenvalue weighted by atomic mass is 35.5. The van der Waals surface area contributed by atoms with Crippen LogP contribution in [0.2, 0.25) is 5.02 Å². The second-order valence-electron chi connectivity index (χ2n) is 6.61. The van der Waals surface area contributed by atoms with Crippen molar-refractivity contribution in [2.24, 2.45) is 0 Å². The molecule has 4 aromatic rings. The third-order valence-electron chi connectivity index (χ3n) is 4.53. The van der Waals surface area contributed by atoms with E-state index in [2.05, 4.69) is 20.4 Å². The van der Waals surface area contributed by atoms with Gasteiger partial charge in [0.25, 0.3) is 5.56 Å². The van der Waals surface area contributed by atoms with Gasteiger partial charge in [-0.15, -0.1) is 0 Å². The van der Waals surface area contributed by atoms with Crippen LogP contribution >= 0.6 is 23.4 Å². The molecule has 0 unspecified atom stereocenters. The summed E-state index contributed by atoms with van der Waals surface area (Å²) < 4.78 is 1.64. The van der Waals surface area contributed by atoms with Gasteiger partial charge in [0.15, 0.2) is 10.8 Å². The number of hydrogen-bond donors (Lipinski definition) is 2. The molecular formula is C21H18ClN5O2S. The zero-order valence-electron chi connectivity index (χ0n) is 16.1. The third kappa shape index (κ3) is 4.24. The highest BCUT2D eigenvalue weighted by Gasteiger charge is 2.14. The smallest absolute Gasteiger partial charge is 0.262 e. The molecule has 0 fully saturated rings. The van der Waals surface area contributed by atoms with Crippen LogP contribution in [0.25, 0.3) is 16.7 Å². The molecule has 2 heterocycles. The number of amides is 1.